The molecule has 0 amide bonds. The van der Waals surface area contributed by atoms with Gasteiger partial charge in [0.05, 0.1) is 5.41 Å². The lowest BCUT2D eigenvalue weighted by Gasteiger charge is -2.34. The number of aromatic nitrogens is 4. The highest BCUT2D eigenvalue weighted by molar-refractivity contribution is 5.42. The number of halogens is 1. The molecular formula is C17H15FN4O2. The van der Waals surface area contributed by atoms with Crippen LogP contribution in [0.1, 0.15) is 24.3 Å². The first-order valence-corrected chi connectivity index (χ1v) is 7.73. The molecule has 0 unspecified atom stereocenters. The summed E-state index contributed by atoms with van der Waals surface area (Å²) in [6.07, 6.45) is 4.64. The first-order valence-electron chi connectivity index (χ1n) is 7.73. The molecule has 0 N–H and O–H groups in total. The van der Waals surface area contributed by atoms with Gasteiger partial charge in [-0.2, -0.15) is 4.98 Å². The molecule has 1 aliphatic rings. The van der Waals surface area contributed by atoms with E-state index in [0.717, 1.165) is 5.56 Å². The largest absolute Gasteiger partial charge is 0.381 e. The van der Waals surface area contributed by atoms with Crippen molar-refractivity contribution in [1.29, 1.82) is 0 Å². The summed E-state index contributed by atoms with van der Waals surface area (Å²) in [6.45, 7) is 1.16. The highest BCUT2D eigenvalue weighted by atomic mass is 19.1. The summed E-state index contributed by atoms with van der Waals surface area (Å²) in [7, 11) is 0. The van der Waals surface area contributed by atoms with Crippen LogP contribution in [-0.4, -0.2) is 33.3 Å². The minimum atomic E-state index is -0.480. The standard InChI is InChI=1S/C17H15FN4O2/c18-13-4-2-12(3-5-13)17(6-10-23-11-7-17)16-21-15(22-24-16)14-19-8-1-9-20-14/h1-5,8-9H,6-7,10-11H2. The Kier molecular flexibility index (Phi) is 3.78. The lowest BCUT2D eigenvalue weighted by atomic mass is 9.74. The summed E-state index contributed by atoms with van der Waals surface area (Å²) in [5.41, 5.74) is 0.461. The van der Waals surface area contributed by atoms with E-state index in [1.54, 1.807) is 30.6 Å². The van der Waals surface area contributed by atoms with Crippen LogP contribution >= 0.6 is 0 Å². The van der Waals surface area contributed by atoms with Crippen molar-refractivity contribution in [2.45, 2.75) is 18.3 Å². The number of nitrogens with zero attached hydrogens (tertiary/aromatic N) is 4. The number of ether oxygens (including phenoxy) is 1. The van der Waals surface area contributed by atoms with E-state index in [1.165, 1.54) is 12.1 Å². The van der Waals surface area contributed by atoms with Crippen molar-refractivity contribution in [2.24, 2.45) is 0 Å². The Balaban J connectivity index is 1.77. The van der Waals surface area contributed by atoms with Crippen LogP contribution in [0.5, 0.6) is 0 Å². The molecule has 1 aliphatic heterocycles. The molecule has 0 spiro atoms. The van der Waals surface area contributed by atoms with Crippen molar-refractivity contribution in [3.05, 3.63) is 60.0 Å². The number of hydrogen-bond donors (Lipinski definition) is 0. The van der Waals surface area contributed by atoms with E-state index in [0.29, 0.717) is 43.6 Å². The minimum Gasteiger partial charge on any atom is -0.381 e. The van der Waals surface area contributed by atoms with Gasteiger partial charge in [-0.25, -0.2) is 14.4 Å². The summed E-state index contributed by atoms with van der Waals surface area (Å²) in [5.74, 6) is 0.970. The van der Waals surface area contributed by atoms with Gasteiger partial charge < -0.3 is 9.26 Å². The fourth-order valence-corrected chi connectivity index (χ4v) is 3.04. The fourth-order valence-electron chi connectivity index (χ4n) is 3.04. The Bertz CT molecular complexity index is 814. The zero-order valence-electron chi connectivity index (χ0n) is 12.9. The molecule has 7 heteroatoms. The van der Waals surface area contributed by atoms with Gasteiger partial charge in [0, 0.05) is 25.6 Å². The van der Waals surface area contributed by atoms with E-state index in [-0.39, 0.29) is 5.82 Å². The van der Waals surface area contributed by atoms with Gasteiger partial charge in [0.25, 0.3) is 0 Å². The number of benzene rings is 1. The second-order valence-corrected chi connectivity index (χ2v) is 5.70. The van der Waals surface area contributed by atoms with Gasteiger partial charge in [-0.3, -0.25) is 0 Å². The normalized spacial score (nSPS) is 16.9. The smallest absolute Gasteiger partial charge is 0.240 e. The predicted octanol–water partition coefficient (Wildman–Crippen LogP) is 2.76. The molecule has 4 rings (SSSR count). The van der Waals surface area contributed by atoms with Crippen LogP contribution in [0, 0.1) is 5.82 Å². The highest BCUT2D eigenvalue weighted by Crippen LogP contribution is 2.40. The zero-order chi connectivity index (χ0) is 16.4. The van der Waals surface area contributed by atoms with Gasteiger partial charge in [-0.15, -0.1) is 0 Å². The van der Waals surface area contributed by atoms with E-state index in [4.69, 9.17) is 9.26 Å². The second kappa shape index (κ2) is 6.09. The van der Waals surface area contributed by atoms with E-state index in [9.17, 15) is 4.39 Å². The molecule has 6 nitrogen and oxygen atoms in total. The third-order valence-corrected chi connectivity index (χ3v) is 4.34. The molecule has 3 aromatic rings. The molecule has 0 atom stereocenters. The first-order chi connectivity index (χ1) is 11.8. The molecule has 1 saturated heterocycles. The van der Waals surface area contributed by atoms with Crippen LogP contribution in [-0.2, 0) is 10.2 Å². The van der Waals surface area contributed by atoms with Gasteiger partial charge in [-0.05, 0) is 36.6 Å². The summed E-state index contributed by atoms with van der Waals surface area (Å²) < 4.78 is 24.4. The topological polar surface area (TPSA) is 73.9 Å². The maximum atomic E-state index is 13.3. The van der Waals surface area contributed by atoms with Crippen LogP contribution in [0.25, 0.3) is 11.6 Å². The predicted molar refractivity (Wildman–Crippen MR) is 82.6 cm³/mol. The summed E-state index contributed by atoms with van der Waals surface area (Å²) in [5, 5.41) is 4.02. The van der Waals surface area contributed by atoms with Crippen LogP contribution in [0.4, 0.5) is 4.39 Å². The average Bonchev–Trinajstić information content (AvgIpc) is 3.14. The van der Waals surface area contributed by atoms with Crippen molar-refractivity contribution in [1.82, 2.24) is 20.1 Å². The van der Waals surface area contributed by atoms with Gasteiger partial charge in [-0.1, -0.05) is 17.3 Å². The Morgan fingerprint density at radius 3 is 2.38 bits per heavy atom. The molecule has 3 heterocycles. The van der Waals surface area contributed by atoms with E-state index in [2.05, 4.69) is 20.1 Å². The Morgan fingerprint density at radius 1 is 0.958 bits per heavy atom. The molecule has 0 saturated carbocycles. The van der Waals surface area contributed by atoms with E-state index >= 15 is 0 Å². The molecule has 0 radical (unpaired) electrons. The second-order valence-electron chi connectivity index (χ2n) is 5.70. The van der Waals surface area contributed by atoms with Gasteiger partial charge in [0.2, 0.25) is 17.5 Å². The molecule has 24 heavy (non-hydrogen) atoms. The van der Waals surface area contributed by atoms with Gasteiger partial charge >= 0.3 is 0 Å². The van der Waals surface area contributed by atoms with E-state index in [1.807, 2.05) is 0 Å². The van der Waals surface area contributed by atoms with E-state index < -0.39 is 5.41 Å². The average molecular weight is 326 g/mol. The molecule has 0 aliphatic carbocycles. The van der Waals surface area contributed by atoms with Crippen LogP contribution in [0.3, 0.4) is 0 Å². The maximum absolute atomic E-state index is 13.3. The summed E-state index contributed by atoms with van der Waals surface area (Å²) >= 11 is 0. The molecular weight excluding hydrogens is 311 g/mol. The van der Waals surface area contributed by atoms with Crippen molar-refractivity contribution in [3.63, 3.8) is 0 Å². The Hall–Kier alpha value is -2.67. The maximum Gasteiger partial charge on any atom is 0.240 e. The third kappa shape index (κ3) is 2.56. The molecule has 1 fully saturated rings. The number of hydrogen-bond acceptors (Lipinski definition) is 6. The van der Waals surface area contributed by atoms with Crippen LogP contribution in [0.2, 0.25) is 0 Å². The highest BCUT2D eigenvalue weighted by Gasteiger charge is 2.41. The Labute approximate surface area is 137 Å². The quantitative estimate of drug-likeness (QED) is 0.737. The van der Waals surface area contributed by atoms with Crippen LogP contribution in [0.15, 0.2) is 47.2 Å². The molecule has 2 aromatic heterocycles. The SMILES string of the molecule is Fc1ccc(C2(c3nc(-c4ncccn4)no3)CCOCC2)cc1. The monoisotopic (exact) mass is 326 g/mol. The minimum absolute atomic E-state index is 0.273. The first kappa shape index (κ1) is 14.9. The van der Waals surface area contributed by atoms with Gasteiger partial charge in [0.15, 0.2) is 0 Å². The Morgan fingerprint density at radius 2 is 1.67 bits per heavy atom. The summed E-state index contributed by atoms with van der Waals surface area (Å²) in [6, 6.07) is 8.16. The van der Waals surface area contributed by atoms with Gasteiger partial charge in [0.1, 0.15) is 5.82 Å². The molecule has 1 aromatic carbocycles. The lowest BCUT2D eigenvalue weighted by molar-refractivity contribution is 0.0523. The van der Waals surface area contributed by atoms with Crippen molar-refractivity contribution in [2.75, 3.05) is 13.2 Å². The molecule has 0 bridgehead atoms. The van der Waals surface area contributed by atoms with Crippen molar-refractivity contribution < 1.29 is 13.7 Å². The van der Waals surface area contributed by atoms with Crippen LogP contribution < -0.4 is 0 Å². The third-order valence-electron chi connectivity index (χ3n) is 4.34. The lowest BCUT2D eigenvalue weighted by Crippen LogP contribution is -2.35. The summed E-state index contributed by atoms with van der Waals surface area (Å²) in [4.78, 5) is 12.8. The zero-order valence-corrected chi connectivity index (χ0v) is 12.9. The van der Waals surface area contributed by atoms with Crippen molar-refractivity contribution in [3.8, 4) is 11.6 Å². The fraction of sp³-hybridized carbons (Fsp3) is 0.294. The van der Waals surface area contributed by atoms with Crippen molar-refractivity contribution >= 4 is 0 Å². The molecule has 122 valence electrons. The number of rotatable bonds is 3.